The molecule has 21 heavy (non-hydrogen) atoms. The molecule has 0 saturated heterocycles. The lowest BCUT2D eigenvalue weighted by molar-refractivity contribution is -0.290. The summed E-state index contributed by atoms with van der Waals surface area (Å²) in [5.74, 6) is -3.31. The first kappa shape index (κ1) is 15.7. The summed E-state index contributed by atoms with van der Waals surface area (Å²) in [6.07, 6.45) is -11.0. The van der Waals surface area contributed by atoms with Crippen LogP contribution < -0.4 is 15.2 Å². The summed E-state index contributed by atoms with van der Waals surface area (Å²) in [5, 5.41) is 0. The molecular weight excluding hydrogens is 304 g/mol. The van der Waals surface area contributed by atoms with E-state index < -0.39 is 24.3 Å². The van der Waals surface area contributed by atoms with Crippen LogP contribution in [-0.2, 0) is 0 Å². The summed E-state index contributed by atoms with van der Waals surface area (Å²) in [4.78, 5) is 0. The van der Waals surface area contributed by atoms with Crippen molar-refractivity contribution in [1.82, 2.24) is 0 Å². The van der Waals surface area contributed by atoms with Gasteiger partial charge in [0.25, 0.3) is 0 Å². The molecule has 9 heteroatoms. The summed E-state index contributed by atoms with van der Waals surface area (Å²) >= 11 is 0. The molecule has 0 aliphatic carbocycles. The van der Waals surface area contributed by atoms with Gasteiger partial charge in [-0.2, -0.15) is 26.3 Å². The standard InChI is InChI=1S/C12H11F6NO2/c13-11(14,15)10(12(16,17)18)9(19)6-1-2-7-8(5-6)21-4-3-20-7/h1-2,5,9-10H,3-4,19H2. The van der Waals surface area contributed by atoms with Crippen LogP contribution in [0.1, 0.15) is 11.6 Å². The maximum Gasteiger partial charge on any atom is 0.402 e. The average molecular weight is 315 g/mol. The number of benzene rings is 1. The molecule has 1 unspecified atom stereocenters. The van der Waals surface area contributed by atoms with Crippen LogP contribution in [0, 0.1) is 5.92 Å². The second-order valence-corrected chi connectivity index (χ2v) is 4.49. The van der Waals surface area contributed by atoms with E-state index in [9.17, 15) is 26.3 Å². The minimum Gasteiger partial charge on any atom is -0.486 e. The predicted molar refractivity (Wildman–Crippen MR) is 60.0 cm³/mol. The van der Waals surface area contributed by atoms with Gasteiger partial charge in [-0.1, -0.05) is 6.07 Å². The number of hydrogen-bond donors (Lipinski definition) is 1. The van der Waals surface area contributed by atoms with Crippen LogP contribution in [0.5, 0.6) is 11.5 Å². The van der Waals surface area contributed by atoms with Crippen LogP contribution in [0.2, 0.25) is 0 Å². The Bertz CT molecular complexity index is 499. The number of halogens is 6. The molecule has 0 aromatic heterocycles. The van der Waals surface area contributed by atoms with Crippen LogP contribution in [0.15, 0.2) is 18.2 Å². The van der Waals surface area contributed by atoms with Crippen LogP contribution in [0.3, 0.4) is 0 Å². The monoisotopic (exact) mass is 315 g/mol. The molecule has 1 aromatic carbocycles. The highest BCUT2D eigenvalue weighted by Crippen LogP contribution is 2.46. The van der Waals surface area contributed by atoms with Crippen molar-refractivity contribution in [2.75, 3.05) is 13.2 Å². The lowest BCUT2D eigenvalue weighted by Gasteiger charge is -2.29. The normalized spacial score (nSPS) is 17.0. The van der Waals surface area contributed by atoms with Gasteiger partial charge in [0.2, 0.25) is 0 Å². The van der Waals surface area contributed by atoms with Crippen molar-refractivity contribution in [2.45, 2.75) is 18.4 Å². The Labute approximate surface area is 115 Å². The number of hydrogen-bond acceptors (Lipinski definition) is 3. The zero-order valence-electron chi connectivity index (χ0n) is 10.5. The smallest absolute Gasteiger partial charge is 0.402 e. The molecule has 2 N–H and O–H groups in total. The molecule has 1 aliphatic rings. The zero-order chi connectivity index (χ0) is 15.8. The first-order valence-electron chi connectivity index (χ1n) is 5.89. The van der Waals surface area contributed by atoms with E-state index in [4.69, 9.17) is 15.2 Å². The summed E-state index contributed by atoms with van der Waals surface area (Å²) in [6, 6.07) is 1.08. The van der Waals surface area contributed by atoms with Crippen LogP contribution in [-0.4, -0.2) is 25.6 Å². The molecule has 0 bridgehead atoms. The van der Waals surface area contributed by atoms with Crippen molar-refractivity contribution in [3.63, 3.8) is 0 Å². The second-order valence-electron chi connectivity index (χ2n) is 4.49. The summed E-state index contributed by atoms with van der Waals surface area (Å²) in [7, 11) is 0. The van der Waals surface area contributed by atoms with E-state index in [-0.39, 0.29) is 30.3 Å². The van der Waals surface area contributed by atoms with E-state index in [2.05, 4.69) is 0 Å². The molecule has 2 rings (SSSR count). The van der Waals surface area contributed by atoms with Crippen molar-refractivity contribution >= 4 is 0 Å². The third-order valence-corrected chi connectivity index (χ3v) is 3.02. The summed E-state index contributed by atoms with van der Waals surface area (Å²) in [5.41, 5.74) is 4.89. The third-order valence-electron chi connectivity index (χ3n) is 3.02. The first-order valence-corrected chi connectivity index (χ1v) is 5.89. The fraction of sp³-hybridized carbons (Fsp3) is 0.500. The van der Waals surface area contributed by atoms with Crippen molar-refractivity contribution in [3.8, 4) is 11.5 Å². The lowest BCUT2D eigenvalue weighted by Crippen LogP contribution is -2.44. The molecule has 1 aliphatic heterocycles. The average Bonchev–Trinajstić information content (AvgIpc) is 2.34. The highest BCUT2D eigenvalue weighted by molar-refractivity contribution is 5.44. The molecule has 0 amide bonds. The zero-order valence-corrected chi connectivity index (χ0v) is 10.5. The highest BCUT2D eigenvalue weighted by Gasteiger charge is 2.59. The van der Waals surface area contributed by atoms with Gasteiger partial charge in [-0.05, 0) is 17.7 Å². The molecule has 1 aromatic rings. The lowest BCUT2D eigenvalue weighted by atomic mass is 9.92. The molecule has 1 atom stereocenters. The molecular formula is C12H11F6NO2. The number of fused-ring (bicyclic) bond motifs is 1. The molecule has 0 saturated carbocycles. The van der Waals surface area contributed by atoms with Gasteiger partial charge in [-0.15, -0.1) is 0 Å². The van der Waals surface area contributed by atoms with Gasteiger partial charge in [0.05, 0.1) is 6.04 Å². The van der Waals surface area contributed by atoms with Gasteiger partial charge in [0.1, 0.15) is 13.2 Å². The van der Waals surface area contributed by atoms with E-state index in [1.807, 2.05) is 0 Å². The Morgan fingerprint density at radius 3 is 1.95 bits per heavy atom. The van der Waals surface area contributed by atoms with E-state index in [0.717, 1.165) is 12.1 Å². The Morgan fingerprint density at radius 2 is 1.43 bits per heavy atom. The Hall–Kier alpha value is -1.64. The molecule has 0 radical (unpaired) electrons. The van der Waals surface area contributed by atoms with Crippen LogP contribution in [0.4, 0.5) is 26.3 Å². The Morgan fingerprint density at radius 1 is 0.905 bits per heavy atom. The van der Waals surface area contributed by atoms with E-state index in [1.54, 1.807) is 0 Å². The fourth-order valence-corrected chi connectivity index (χ4v) is 2.05. The van der Waals surface area contributed by atoms with Crippen molar-refractivity contribution in [2.24, 2.45) is 11.7 Å². The minimum atomic E-state index is -5.50. The van der Waals surface area contributed by atoms with E-state index >= 15 is 0 Å². The number of alkyl halides is 6. The third kappa shape index (κ3) is 3.34. The minimum absolute atomic E-state index is 0.0808. The van der Waals surface area contributed by atoms with Gasteiger partial charge in [-0.25, -0.2) is 0 Å². The quantitative estimate of drug-likeness (QED) is 0.853. The van der Waals surface area contributed by atoms with Crippen molar-refractivity contribution < 1.29 is 35.8 Å². The van der Waals surface area contributed by atoms with Crippen molar-refractivity contribution in [3.05, 3.63) is 23.8 Å². The Kier molecular flexibility index (Phi) is 3.96. The Balaban J connectivity index is 2.35. The topological polar surface area (TPSA) is 44.5 Å². The van der Waals surface area contributed by atoms with E-state index in [0.29, 0.717) is 0 Å². The van der Waals surface area contributed by atoms with Crippen molar-refractivity contribution in [1.29, 1.82) is 0 Å². The number of rotatable bonds is 2. The second kappa shape index (κ2) is 5.28. The highest BCUT2D eigenvalue weighted by atomic mass is 19.4. The van der Waals surface area contributed by atoms with E-state index in [1.165, 1.54) is 6.07 Å². The fourth-order valence-electron chi connectivity index (χ4n) is 2.05. The van der Waals surface area contributed by atoms with Gasteiger partial charge < -0.3 is 15.2 Å². The molecule has 0 fully saturated rings. The van der Waals surface area contributed by atoms with Crippen LogP contribution >= 0.6 is 0 Å². The molecule has 1 heterocycles. The molecule has 0 spiro atoms. The van der Waals surface area contributed by atoms with Gasteiger partial charge >= 0.3 is 12.4 Å². The van der Waals surface area contributed by atoms with Crippen LogP contribution in [0.25, 0.3) is 0 Å². The SMILES string of the molecule is NC(c1ccc2c(c1)OCCO2)C(C(F)(F)F)C(F)(F)F. The van der Waals surface area contributed by atoms with Gasteiger partial charge in [0.15, 0.2) is 17.4 Å². The molecule has 3 nitrogen and oxygen atoms in total. The molecule has 118 valence electrons. The summed E-state index contributed by atoms with van der Waals surface area (Å²) < 4.78 is 86.1. The maximum atomic E-state index is 12.6. The number of ether oxygens (including phenoxy) is 2. The number of nitrogens with two attached hydrogens (primary N) is 1. The van der Waals surface area contributed by atoms with Gasteiger partial charge in [0, 0.05) is 0 Å². The predicted octanol–water partition coefficient (Wildman–Crippen LogP) is 3.20. The largest absolute Gasteiger partial charge is 0.486 e. The first-order chi connectivity index (χ1) is 9.60. The maximum absolute atomic E-state index is 12.6. The van der Waals surface area contributed by atoms with Gasteiger partial charge in [-0.3, -0.25) is 0 Å². The summed E-state index contributed by atoms with van der Waals surface area (Å²) in [6.45, 7) is 0.416.